The van der Waals surface area contributed by atoms with Crippen LogP contribution >= 0.6 is 0 Å². The topological polar surface area (TPSA) is 79.5 Å². The summed E-state index contributed by atoms with van der Waals surface area (Å²) in [5.41, 5.74) is 3.56. The first-order chi connectivity index (χ1) is 13.0. The largest absolute Gasteiger partial charge is 0.411 e. The van der Waals surface area contributed by atoms with Gasteiger partial charge in [0.25, 0.3) is 5.91 Å². The van der Waals surface area contributed by atoms with E-state index in [1.807, 2.05) is 36.4 Å². The number of nitrogens with one attached hydrogen (secondary N) is 1. The molecule has 2 aromatic carbocycles. The molecular weight excluding hydrogens is 347 g/mol. The van der Waals surface area contributed by atoms with E-state index in [-0.39, 0.29) is 5.56 Å². The van der Waals surface area contributed by atoms with E-state index in [1.54, 1.807) is 19.1 Å². The van der Waals surface area contributed by atoms with Gasteiger partial charge < -0.3 is 10.5 Å². The number of hydrogen-bond acceptors (Lipinski definition) is 4. The van der Waals surface area contributed by atoms with E-state index in [1.165, 1.54) is 13.3 Å². The van der Waals surface area contributed by atoms with Crippen LogP contribution in [-0.2, 0) is 13.5 Å². The molecule has 0 spiro atoms. The second-order valence-corrected chi connectivity index (χ2v) is 6.07. The lowest BCUT2D eigenvalue weighted by molar-refractivity contribution is 0.102. The molecule has 3 rings (SSSR count). The number of benzene rings is 2. The van der Waals surface area contributed by atoms with Crippen LogP contribution in [-0.4, -0.2) is 27.1 Å². The number of aryl methyl sites for hydroxylation is 2. The van der Waals surface area contributed by atoms with Crippen molar-refractivity contribution in [2.24, 2.45) is 12.2 Å². The quantitative estimate of drug-likeness (QED) is 0.410. The predicted molar refractivity (Wildman–Crippen MR) is 102 cm³/mol. The Morgan fingerprint density at radius 3 is 2.59 bits per heavy atom. The zero-order valence-electron chi connectivity index (χ0n) is 15.0. The van der Waals surface area contributed by atoms with Gasteiger partial charge in [0.1, 0.15) is 5.56 Å². The van der Waals surface area contributed by atoms with Crippen LogP contribution in [0.2, 0.25) is 0 Å². The first-order valence-corrected chi connectivity index (χ1v) is 8.36. The van der Waals surface area contributed by atoms with Crippen LogP contribution in [0.15, 0.2) is 53.7 Å². The lowest BCUT2D eigenvalue weighted by Crippen LogP contribution is -2.15. The van der Waals surface area contributed by atoms with Crippen molar-refractivity contribution in [3.63, 3.8) is 0 Å². The molecule has 2 N–H and O–H groups in total. The van der Waals surface area contributed by atoms with E-state index in [0.717, 1.165) is 21.4 Å². The first-order valence-electron chi connectivity index (χ1n) is 8.36. The van der Waals surface area contributed by atoms with E-state index in [4.69, 9.17) is 5.21 Å². The lowest BCUT2D eigenvalue weighted by atomic mass is 10.0. The molecule has 0 radical (unpaired) electrons. The van der Waals surface area contributed by atoms with E-state index in [0.29, 0.717) is 17.8 Å². The van der Waals surface area contributed by atoms with Crippen molar-refractivity contribution in [2.45, 2.75) is 13.3 Å². The highest BCUT2D eigenvalue weighted by molar-refractivity contribution is 6.07. The van der Waals surface area contributed by atoms with Crippen LogP contribution < -0.4 is 5.32 Å². The average molecular weight is 366 g/mol. The number of carbonyl (C=O) groups excluding carboxylic acids is 1. The molecule has 0 unspecified atom stereocenters. The lowest BCUT2D eigenvalue weighted by Gasteiger charge is -2.11. The van der Waals surface area contributed by atoms with Crippen molar-refractivity contribution in [3.05, 3.63) is 71.3 Å². The second kappa shape index (κ2) is 7.82. The Kier molecular flexibility index (Phi) is 5.30. The Morgan fingerprint density at radius 1 is 1.26 bits per heavy atom. The SMILES string of the molecule is Cc1nn(C)c(F)c1C(=O)Nc1ccccc1-c1ccc(CC=NO)cc1. The Bertz CT molecular complexity index is 994. The summed E-state index contributed by atoms with van der Waals surface area (Å²) in [4.78, 5) is 12.6. The van der Waals surface area contributed by atoms with Crippen molar-refractivity contribution in [2.75, 3.05) is 5.32 Å². The number of carbonyl (C=O) groups is 1. The van der Waals surface area contributed by atoms with Gasteiger partial charge in [-0.1, -0.05) is 42.5 Å². The Morgan fingerprint density at radius 2 is 1.96 bits per heavy atom. The standard InChI is InChI=1S/C20H19FN4O2/c1-13-18(19(21)25(2)24-13)20(26)23-17-6-4-3-5-16(17)15-9-7-14(8-10-15)11-12-22-27/h3-10,12,27H,11H2,1-2H3,(H,23,26). The zero-order chi connectivity index (χ0) is 19.4. The van der Waals surface area contributed by atoms with Gasteiger partial charge in [0, 0.05) is 30.9 Å². The summed E-state index contributed by atoms with van der Waals surface area (Å²) in [5, 5.41) is 18.2. The highest BCUT2D eigenvalue weighted by Crippen LogP contribution is 2.29. The van der Waals surface area contributed by atoms with E-state index in [9.17, 15) is 9.18 Å². The summed E-state index contributed by atoms with van der Waals surface area (Å²) < 4.78 is 15.2. The summed E-state index contributed by atoms with van der Waals surface area (Å²) in [6.07, 6.45) is 1.93. The van der Waals surface area contributed by atoms with Gasteiger partial charge in [-0.25, -0.2) is 4.68 Å². The minimum Gasteiger partial charge on any atom is -0.411 e. The maximum atomic E-state index is 14.2. The fourth-order valence-electron chi connectivity index (χ4n) is 2.88. The summed E-state index contributed by atoms with van der Waals surface area (Å²) in [7, 11) is 1.45. The van der Waals surface area contributed by atoms with E-state index < -0.39 is 11.9 Å². The number of halogens is 1. The molecule has 1 amide bonds. The molecule has 0 atom stereocenters. The maximum Gasteiger partial charge on any atom is 0.262 e. The molecule has 0 fully saturated rings. The number of para-hydroxylation sites is 1. The van der Waals surface area contributed by atoms with Gasteiger partial charge in [0.15, 0.2) is 0 Å². The average Bonchev–Trinajstić information content (AvgIpc) is 2.93. The van der Waals surface area contributed by atoms with Gasteiger partial charge in [-0.05, 0) is 24.1 Å². The number of oxime groups is 1. The molecule has 1 heterocycles. The van der Waals surface area contributed by atoms with Crippen LogP contribution in [0.1, 0.15) is 21.6 Å². The fourth-order valence-corrected chi connectivity index (χ4v) is 2.88. The number of nitrogens with zero attached hydrogens (tertiary/aromatic N) is 3. The number of rotatable bonds is 5. The number of anilines is 1. The van der Waals surface area contributed by atoms with Crippen LogP contribution in [0.3, 0.4) is 0 Å². The van der Waals surface area contributed by atoms with Gasteiger partial charge in [0.05, 0.1) is 5.69 Å². The third kappa shape index (κ3) is 3.87. The van der Waals surface area contributed by atoms with Crippen LogP contribution in [0.25, 0.3) is 11.1 Å². The van der Waals surface area contributed by atoms with Gasteiger partial charge in [-0.15, -0.1) is 5.16 Å². The minimum atomic E-state index is -0.669. The van der Waals surface area contributed by atoms with Crippen LogP contribution in [0.5, 0.6) is 0 Å². The zero-order valence-corrected chi connectivity index (χ0v) is 15.0. The second-order valence-electron chi connectivity index (χ2n) is 6.07. The molecule has 6 nitrogen and oxygen atoms in total. The molecule has 138 valence electrons. The molecular formula is C20H19FN4O2. The molecule has 0 saturated heterocycles. The van der Waals surface area contributed by atoms with E-state index in [2.05, 4.69) is 15.6 Å². The highest BCUT2D eigenvalue weighted by Gasteiger charge is 2.21. The van der Waals surface area contributed by atoms with Gasteiger partial charge >= 0.3 is 0 Å². The minimum absolute atomic E-state index is 0.0639. The summed E-state index contributed by atoms with van der Waals surface area (Å²) >= 11 is 0. The van der Waals surface area contributed by atoms with Gasteiger partial charge in [-0.2, -0.15) is 9.49 Å². The van der Waals surface area contributed by atoms with Crippen molar-refractivity contribution in [3.8, 4) is 11.1 Å². The summed E-state index contributed by atoms with van der Waals surface area (Å²) in [6.45, 7) is 1.60. The molecule has 0 saturated carbocycles. The Labute approximate surface area is 155 Å². The molecule has 1 aromatic heterocycles. The summed E-state index contributed by atoms with van der Waals surface area (Å²) in [5.74, 6) is -1.21. The van der Waals surface area contributed by atoms with Crippen molar-refractivity contribution in [1.29, 1.82) is 0 Å². The summed E-state index contributed by atoms with van der Waals surface area (Å²) in [6, 6.07) is 15.0. The van der Waals surface area contributed by atoms with Crippen LogP contribution in [0.4, 0.5) is 10.1 Å². The van der Waals surface area contributed by atoms with Gasteiger partial charge in [-0.3, -0.25) is 4.79 Å². The predicted octanol–water partition coefficient (Wildman–Crippen LogP) is 3.79. The normalized spacial score (nSPS) is 11.1. The number of aromatic nitrogens is 2. The third-order valence-corrected chi connectivity index (χ3v) is 4.23. The molecule has 0 aliphatic heterocycles. The molecule has 3 aromatic rings. The first kappa shape index (κ1) is 18.3. The smallest absolute Gasteiger partial charge is 0.262 e. The molecule has 7 heteroatoms. The van der Waals surface area contributed by atoms with Crippen LogP contribution in [0, 0.1) is 12.9 Å². The fraction of sp³-hybridized carbons (Fsp3) is 0.150. The van der Waals surface area contributed by atoms with Gasteiger partial charge in [0.2, 0.25) is 5.95 Å². The van der Waals surface area contributed by atoms with Crippen molar-refractivity contribution < 1.29 is 14.4 Å². The number of amides is 1. The highest BCUT2D eigenvalue weighted by atomic mass is 19.1. The molecule has 27 heavy (non-hydrogen) atoms. The Hall–Kier alpha value is -3.48. The van der Waals surface area contributed by atoms with Crippen molar-refractivity contribution in [1.82, 2.24) is 9.78 Å². The molecule has 0 aliphatic rings. The van der Waals surface area contributed by atoms with E-state index >= 15 is 0 Å². The maximum absolute atomic E-state index is 14.2. The third-order valence-electron chi connectivity index (χ3n) is 4.23. The number of hydrogen-bond donors (Lipinski definition) is 2. The monoisotopic (exact) mass is 366 g/mol. The molecule has 0 aliphatic carbocycles. The molecule has 0 bridgehead atoms. The van der Waals surface area contributed by atoms with Crippen molar-refractivity contribution >= 4 is 17.8 Å². The Balaban J connectivity index is 1.89.